The van der Waals surface area contributed by atoms with Gasteiger partial charge in [-0.15, -0.1) is 0 Å². The normalized spacial score (nSPS) is 11.9. The van der Waals surface area contributed by atoms with Crippen molar-refractivity contribution < 1.29 is 50.9 Å². The van der Waals surface area contributed by atoms with Crippen LogP contribution < -0.4 is 15.6 Å². The summed E-state index contributed by atoms with van der Waals surface area (Å²) in [6.07, 6.45) is -4.24. The number of ether oxygens (including phenoxy) is 1. The van der Waals surface area contributed by atoms with Gasteiger partial charge in [-0.2, -0.15) is 17.8 Å². The second-order valence-electron chi connectivity index (χ2n) is 9.62. The van der Waals surface area contributed by atoms with E-state index in [1.54, 1.807) is 21.0 Å². The molecule has 0 spiro atoms. The average Bonchev–Trinajstić information content (AvgIpc) is 2.91. The third-order valence-corrected chi connectivity index (χ3v) is 6.28. The largest absolute Gasteiger partial charge is 0.493 e. The smallest absolute Gasteiger partial charge is 0.491 e. The van der Waals surface area contributed by atoms with E-state index in [0.29, 0.717) is 23.3 Å². The van der Waals surface area contributed by atoms with E-state index in [-0.39, 0.29) is 29.5 Å². The second kappa shape index (κ2) is 14.1. The molecule has 0 aliphatic rings. The summed E-state index contributed by atoms with van der Waals surface area (Å²) in [6.45, 7) is 1.56. The van der Waals surface area contributed by atoms with E-state index in [0.717, 1.165) is 12.1 Å². The van der Waals surface area contributed by atoms with E-state index in [1.807, 2.05) is 0 Å². The average molecular weight is 645 g/mol. The number of phosphoric acid groups is 1. The number of alkyl halides is 3. The highest BCUT2D eigenvalue weighted by molar-refractivity contribution is 7.46. The van der Waals surface area contributed by atoms with E-state index >= 15 is 4.39 Å². The summed E-state index contributed by atoms with van der Waals surface area (Å²) in [5.74, 6) is -2.85. The number of anilines is 1. The van der Waals surface area contributed by atoms with Crippen LogP contribution in [0.25, 0.3) is 11.1 Å². The first-order valence-corrected chi connectivity index (χ1v) is 14.4. The van der Waals surface area contributed by atoms with E-state index < -0.39 is 67.0 Å². The van der Waals surface area contributed by atoms with Crippen LogP contribution in [0.4, 0.5) is 23.2 Å². The molecule has 4 N–H and O–H groups in total. The molecule has 0 unspecified atom stereocenters. The molecule has 0 atom stereocenters. The van der Waals surface area contributed by atoms with E-state index in [9.17, 15) is 41.9 Å². The topological polar surface area (TPSA) is 161 Å². The fraction of sp³-hybridized carbons (Fsp3) is 0.296. The molecular formula is C27H29F4N4O8P. The molecule has 0 aliphatic carbocycles. The van der Waals surface area contributed by atoms with Crippen molar-refractivity contribution in [1.82, 2.24) is 14.9 Å². The Morgan fingerprint density at radius 3 is 2.36 bits per heavy atom. The molecule has 0 bridgehead atoms. The van der Waals surface area contributed by atoms with Crippen LogP contribution in [-0.4, -0.2) is 70.3 Å². The number of hydrogen-bond acceptors (Lipinski definition) is 7. The minimum atomic E-state index is -5.27. The molecule has 0 aliphatic heterocycles. The van der Waals surface area contributed by atoms with Gasteiger partial charge in [-0.3, -0.25) is 14.4 Å². The lowest BCUT2D eigenvalue weighted by molar-refractivity contribution is -0.137. The zero-order valence-corrected chi connectivity index (χ0v) is 24.5. The SMILES string of the molecule is CCOc1cc(=O)[nH]cc1-c1ccc(CC(=O)Nc2cc(C(=O)N(CCN(C)C)OP(=O)(O)O)cc(C(F)(F)F)c2)c(F)c1. The molecule has 12 nitrogen and oxygen atoms in total. The number of benzene rings is 2. The third kappa shape index (κ3) is 9.72. The van der Waals surface area contributed by atoms with Gasteiger partial charge in [-0.25, -0.2) is 14.0 Å². The predicted octanol–water partition coefficient (Wildman–Crippen LogP) is 3.81. The molecule has 0 radical (unpaired) electrons. The van der Waals surface area contributed by atoms with Gasteiger partial charge in [0.2, 0.25) is 5.91 Å². The van der Waals surface area contributed by atoms with Crippen LogP contribution in [0.15, 0.2) is 53.5 Å². The second-order valence-corrected chi connectivity index (χ2v) is 10.8. The molecule has 0 fully saturated rings. The lowest BCUT2D eigenvalue weighted by atomic mass is 10.0. The molecule has 2 amide bonds. The molecule has 0 saturated carbocycles. The van der Waals surface area contributed by atoms with Crippen LogP contribution in [0.3, 0.4) is 0 Å². The number of H-pyrrole nitrogens is 1. The highest BCUT2D eigenvalue weighted by atomic mass is 31.2. The van der Waals surface area contributed by atoms with Gasteiger partial charge in [-0.05, 0) is 56.4 Å². The number of rotatable bonds is 12. The Bertz CT molecular complexity index is 1620. The van der Waals surface area contributed by atoms with Crippen molar-refractivity contribution in [1.29, 1.82) is 0 Å². The number of aromatic nitrogens is 1. The number of nitrogens with one attached hydrogen (secondary N) is 2. The molecule has 2 aromatic carbocycles. The lowest BCUT2D eigenvalue weighted by Gasteiger charge is -2.24. The molecule has 44 heavy (non-hydrogen) atoms. The number of hydroxylamine groups is 2. The van der Waals surface area contributed by atoms with Gasteiger partial charge in [0.05, 0.1) is 25.1 Å². The maximum atomic E-state index is 15.0. The van der Waals surface area contributed by atoms with Crippen LogP contribution in [0, 0.1) is 5.82 Å². The number of aromatic amines is 1. The lowest BCUT2D eigenvalue weighted by Crippen LogP contribution is -2.36. The molecule has 17 heteroatoms. The highest BCUT2D eigenvalue weighted by Gasteiger charge is 2.34. The van der Waals surface area contributed by atoms with Crippen molar-refractivity contribution in [3.8, 4) is 16.9 Å². The molecular weight excluding hydrogens is 615 g/mol. The van der Waals surface area contributed by atoms with Gasteiger partial charge in [-0.1, -0.05) is 12.1 Å². The zero-order chi connectivity index (χ0) is 32.8. The Labute approximate surface area is 248 Å². The Morgan fingerprint density at radius 2 is 1.77 bits per heavy atom. The maximum Gasteiger partial charge on any atom is 0.491 e. The van der Waals surface area contributed by atoms with Crippen LogP contribution in [0.2, 0.25) is 0 Å². The van der Waals surface area contributed by atoms with E-state index in [1.165, 1.54) is 29.3 Å². The van der Waals surface area contributed by atoms with Gasteiger partial charge >= 0.3 is 14.0 Å². The number of likely N-dealkylation sites (N-methyl/N-ethyl adjacent to an activating group) is 1. The number of halogens is 4. The van der Waals surface area contributed by atoms with Gasteiger partial charge in [0.1, 0.15) is 11.6 Å². The van der Waals surface area contributed by atoms with Gasteiger partial charge < -0.3 is 29.7 Å². The number of amides is 2. The van der Waals surface area contributed by atoms with Crippen molar-refractivity contribution in [2.75, 3.05) is 39.1 Å². The Hall–Kier alpha value is -4.08. The van der Waals surface area contributed by atoms with Crippen molar-refractivity contribution >= 4 is 25.3 Å². The maximum absolute atomic E-state index is 15.0. The summed E-state index contributed by atoms with van der Waals surface area (Å²) >= 11 is 0. The number of carbonyl (C=O) groups is 2. The van der Waals surface area contributed by atoms with Gasteiger partial charge in [0, 0.05) is 35.6 Å². The number of carbonyl (C=O) groups excluding carboxylic acids is 2. The van der Waals surface area contributed by atoms with Crippen molar-refractivity contribution in [3.05, 3.63) is 81.5 Å². The first kappa shape index (κ1) is 34.4. The number of nitrogens with zero attached hydrogens (tertiary/aromatic N) is 2. The van der Waals surface area contributed by atoms with E-state index in [2.05, 4.69) is 14.9 Å². The molecule has 1 heterocycles. The summed E-state index contributed by atoms with van der Waals surface area (Å²) in [7, 11) is -2.12. The first-order chi connectivity index (χ1) is 20.5. The minimum absolute atomic E-state index is 0.0355. The Kier molecular flexibility index (Phi) is 11.1. The van der Waals surface area contributed by atoms with Crippen LogP contribution in [0.5, 0.6) is 5.75 Å². The van der Waals surface area contributed by atoms with Crippen molar-refractivity contribution in [3.63, 3.8) is 0 Å². The van der Waals surface area contributed by atoms with Gasteiger partial charge in [0.25, 0.3) is 11.5 Å². The van der Waals surface area contributed by atoms with Crippen LogP contribution in [-0.2, 0) is 26.6 Å². The van der Waals surface area contributed by atoms with Crippen molar-refractivity contribution in [2.45, 2.75) is 19.5 Å². The molecule has 3 rings (SSSR count). The Balaban J connectivity index is 1.88. The summed E-state index contributed by atoms with van der Waals surface area (Å²) in [5, 5.41) is 2.44. The van der Waals surface area contributed by atoms with Crippen LogP contribution >= 0.6 is 7.82 Å². The summed E-state index contributed by atoms with van der Waals surface area (Å²) < 4.78 is 77.3. The summed E-state index contributed by atoms with van der Waals surface area (Å²) in [4.78, 5) is 59.8. The first-order valence-electron chi connectivity index (χ1n) is 12.8. The number of pyridine rings is 1. The number of hydrogen-bond donors (Lipinski definition) is 4. The minimum Gasteiger partial charge on any atom is -0.493 e. The quantitative estimate of drug-likeness (QED) is 0.131. The summed E-state index contributed by atoms with van der Waals surface area (Å²) in [5.41, 5.74) is -2.35. The molecule has 1 aromatic heterocycles. The fourth-order valence-corrected chi connectivity index (χ4v) is 4.33. The summed E-state index contributed by atoms with van der Waals surface area (Å²) in [6, 6.07) is 6.91. The molecule has 0 saturated heterocycles. The molecule has 3 aromatic rings. The van der Waals surface area contributed by atoms with Gasteiger partial charge in [0.15, 0.2) is 0 Å². The predicted molar refractivity (Wildman–Crippen MR) is 150 cm³/mol. The fourth-order valence-electron chi connectivity index (χ4n) is 3.92. The zero-order valence-electron chi connectivity index (χ0n) is 23.6. The third-order valence-electron chi connectivity index (χ3n) is 5.87. The Morgan fingerprint density at radius 1 is 1.07 bits per heavy atom. The highest BCUT2D eigenvalue weighted by Crippen LogP contribution is 2.38. The van der Waals surface area contributed by atoms with Crippen LogP contribution in [0.1, 0.15) is 28.4 Å². The van der Waals surface area contributed by atoms with E-state index in [4.69, 9.17) is 4.74 Å². The standard InChI is InChI=1S/C27H29F4N4O8P/c1-4-42-23-14-24(36)32-15-21(23)16-5-6-17(22(28)11-16)12-25(37)33-20-10-18(9-19(13-20)27(29,30)31)26(38)35(8-7-34(2)3)43-44(39,40)41/h5-6,9-11,13-15H,4,7-8,12H2,1-3H3,(H,32,36)(H,33,37)(H2,39,40,41). The molecule has 238 valence electrons. The van der Waals surface area contributed by atoms with Crippen molar-refractivity contribution in [2.24, 2.45) is 0 Å². The monoisotopic (exact) mass is 644 g/mol.